The van der Waals surface area contributed by atoms with Crippen LogP contribution in [0.1, 0.15) is 54.7 Å². The molecule has 2 fully saturated rings. The van der Waals surface area contributed by atoms with Crippen molar-refractivity contribution in [3.8, 4) is 11.1 Å². The first-order valence-corrected chi connectivity index (χ1v) is 13.1. The van der Waals surface area contributed by atoms with Crippen LogP contribution in [0.3, 0.4) is 0 Å². The number of Topliss-reactive ketones (excluding diaryl/α,β-unsaturated/α-hetero) is 1. The number of fused-ring (bicyclic) bond motifs is 5. The fourth-order valence-corrected chi connectivity index (χ4v) is 6.45. The van der Waals surface area contributed by atoms with Crippen molar-refractivity contribution in [2.24, 2.45) is 5.92 Å². The highest BCUT2D eigenvalue weighted by atomic mass is 16.6. The van der Waals surface area contributed by atoms with Crippen LogP contribution < -0.4 is 0 Å². The van der Waals surface area contributed by atoms with Gasteiger partial charge in [-0.05, 0) is 53.5 Å². The van der Waals surface area contributed by atoms with E-state index in [0.717, 1.165) is 31.2 Å². The number of carbonyl (C=O) groups is 2. The highest BCUT2D eigenvalue weighted by Gasteiger charge is 2.45. The minimum atomic E-state index is -0.223. The van der Waals surface area contributed by atoms with Gasteiger partial charge in [-0.1, -0.05) is 91.0 Å². The number of amides is 1. The van der Waals surface area contributed by atoms with Crippen LogP contribution in [0.2, 0.25) is 0 Å². The molecule has 0 N–H and O–H groups in total. The number of ether oxygens (including phenoxy) is 1. The minimum Gasteiger partial charge on any atom is -0.448 e. The molecule has 3 aromatic carbocycles. The molecule has 3 aromatic rings. The fraction of sp³-hybridized carbons (Fsp3) is 0.312. The van der Waals surface area contributed by atoms with E-state index < -0.39 is 0 Å². The SMILES string of the molecule is O=C(C/C=C/c1ccccc1)C1CC2CCC(C1)N2C(=O)OCC1c2ccccc2-c2ccccc21. The number of allylic oxidation sites excluding steroid dienone is 1. The Morgan fingerprint density at radius 3 is 2.03 bits per heavy atom. The third kappa shape index (κ3) is 4.26. The lowest BCUT2D eigenvalue weighted by Gasteiger charge is -2.37. The summed E-state index contributed by atoms with van der Waals surface area (Å²) >= 11 is 0. The molecule has 2 aliphatic heterocycles. The topological polar surface area (TPSA) is 46.6 Å². The molecule has 182 valence electrons. The molecule has 3 aliphatic rings. The Balaban J connectivity index is 1.08. The molecule has 1 aliphatic carbocycles. The lowest BCUT2D eigenvalue weighted by molar-refractivity contribution is -0.124. The zero-order valence-corrected chi connectivity index (χ0v) is 20.4. The number of ketones is 1. The molecule has 2 bridgehead atoms. The summed E-state index contributed by atoms with van der Waals surface area (Å²) in [5.74, 6) is 0.376. The van der Waals surface area contributed by atoms with Gasteiger partial charge in [-0.3, -0.25) is 4.79 Å². The first-order valence-electron chi connectivity index (χ1n) is 13.1. The second kappa shape index (κ2) is 9.77. The summed E-state index contributed by atoms with van der Waals surface area (Å²) in [6.07, 6.45) is 7.62. The van der Waals surface area contributed by atoms with Crippen LogP contribution in [0.25, 0.3) is 17.2 Å². The zero-order valence-electron chi connectivity index (χ0n) is 20.4. The second-order valence-electron chi connectivity index (χ2n) is 10.2. The van der Waals surface area contributed by atoms with E-state index in [1.54, 1.807) is 0 Å². The smallest absolute Gasteiger partial charge is 0.410 e. The second-order valence-corrected chi connectivity index (χ2v) is 10.2. The molecule has 36 heavy (non-hydrogen) atoms. The lowest BCUT2D eigenvalue weighted by Crippen LogP contribution is -2.48. The van der Waals surface area contributed by atoms with Crippen molar-refractivity contribution >= 4 is 18.0 Å². The van der Waals surface area contributed by atoms with E-state index >= 15 is 0 Å². The van der Waals surface area contributed by atoms with E-state index in [1.165, 1.54) is 22.3 Å². The number of hydrogen-bond donors (Lipinski definition) is 0. The molecule has 1 amide bonds. The predicted molar refractivity (Wildman–Crippen MR) is 142 cm³/mol. The fourth-order valence-electron chi connectivity index (χ4n) is 6.45. The first-order chi connectivity index (χ1) is 17.7. The van der Waals surface area contributed by atoms with E-state index in [1.807, 2.05) is 47.4 Å². The van der Waals surface area contributed by atoms with Crippen LogP contribution in [-0.4, -0.2) is 35.5 Å². The quantitative estimate of drug-likeness (QED) is 0.390. The van der Waals surface area contributed by atoms with Gasteiger partial charge in [0.2, 0.25) is 0 Å². The Labute approximate surface area is 212 Å². The van der Waals surface area contributed by atoms with Gasteiger partial charge in [-0.25, -0.2) is 4.79 Å². The van der Waals surface area contributed by atoms with Gasteiger partial charge in [-0.2, -0.15) is 0 Å². The molecule has 4 nitrogen and oxygen atoms in total. The Bertz CT molecular complexity index is 1240. The monoisotopic (exact) mass is 477 g/mol. The van der Waals surface area contributed by atoms with E-state index in [9.17, 15) is 9.59 Å². The lowest BCUT2D eigenvalue weighted by atomic mass is 9.86. The molecule has 0 spiro atoms. The molecule has 2 atom stereocenters. The van der Waals surface area contributed by atoms with Crippen molar-refractivity contribution in [1.82, 2.24) is 4.90 Å². The number of hydrogen-bond acceptors (Lipinski definition) is 3. The van der Waals surface area contributed by atoms with Gasteiger partial charge < -0.3 is 9.64 Å². The van der Waals surface area contributed by atoms with Crippen molar-refractivity contribution in [2.45, 2.75) is 50.1 Å². The third-order valence-corrected chi connectivity index (χ3v) is 8.16. The highest BCUT2D eigenvalue weighted by molar-refractivity contribution is 5.84. The number of carbonyl (C=O) groups excluding carboxylic acids is 2. The van der Waals surface area contributed by atoms with Gasteiger partial charge in [0.05, 0.1) is 0 Å². The molecule has 0 radical (unpaired) electrons. The number of piperidine rings is 1. The van der Waals surface area contributed by atoms with Crippen LogP contribution in [0, 0.1) is 5.92 Å². The molecule has 2 unspecified atom stereocenters. The van der Waals surface area contributed by atoms with Crippen LogP contribution in [-0.2, 0) is 9.53 Å². The van der Waals surface area contributed by atoms with E-state index in [0.29, 0.717) is 13.0 Å². The molecule has 6 rings (SSSR count). The zero-order chi connectivity index (χ0) is 24.5. The summed E-state index contributed by atoms with van der Waals surface area (Å²) in [7, 11) is 0. The minimum absolute atomic E-state index is 0.0283. The molecular weight excluding hydrogens is 446 g/mol. The average Bonchev–Trinajstić information content (AvgIpc) is 3.38. The Morgan fingerprint density at radius 1 is 0.806 bits per heavy atom. The molecule has 2 heterocycles. The van der Waals surface area contributed by atoms with Crippen LogP contribution in [0.15, 0.2) is 84.9 Å². The Kier molecular flexibility index (Phi) is 6.18. The summed E-state index contributed by atoms with van der Waals surface area (Å²) in [6, 6.07) is 27.1. The highest BCUT2D eigenvalue weighted by Crippen LogP contribution is 2.45. The van der Waals surface area contributed by atoms with Crippen molar-refractivity contribution in [2.75, 3.05) is 6.61 Å². The van der Waals surface area contributed by atoms with Gasteiger partial charge in [0.1, 0.15) is 12.4 Å². The van der Waals surface area contributed by atoms with Gasteiger partial charge in [0, 0.05) is 30.3 Å². The van der Waals surface area contributed by atoms with E-state index in [2.05, 4.69) is 48.5 Å². The normalized spacial score (nSPS) is 22.4. The van der Waals surface area contributed by atoms with Crippen LogP contribution in [0.5, 0.6) is 0 Å². The van der Waals surface area contributed by atoms with Crippen LogP contribution >= 0.6 is 0 Å². The number of benzene rings is 3. The van der Waals surface area contributed by atoms with Crippen molar-refractivity contribution < 1.29 is 14.3 Å². The maximum absolute atomic E-state index is 13.3. The summed E-state index contributed by atoms with van der Waals surface area (Å²) in [6.45, 7) is 0.343. The van der Waals surface area contributed by atoms with Crippen LogP contribution in [0.4, 0.5) is 4.79 Å². The molecule has 0 aromatic heterocycles. The standard InChI is InChI=1S/C32H31NO3/c34-31(16-8-11-22-9-2-1-3-10-22)23-19-24-17-18-25(20-23)33(24)32(35)36-21-30-28-14-6-4-12-26(28)27-13-5-7-15-29(27)30/h1-15,23-25,30H,16-21H2/b11-8+. The first kappa shape index (κ1) is 22.8. The van der Waals surface area contributed by atoms with Gasteiger partial charge in [0.15, 0.2) is 0 Å². The number of nitrogens with zero attached hydrogens (tertiary/aromatic N) is 1. The summed E-state index contributed by atoms with van der Waals surface area (Å²) in [5.41, 5.74) is 6.02. The van der Waals surface area contributed by atoms with Crippen molar-refractivity contribution in [1.29, 1.82) is 0 Å². The maximum Gasteiger partial charge on any atom is 0.410 e. The molecule has 2 saturated heterocycles. The summed E-state index contributed by atoms with van der Waals surface area (Å²) < 4.78 is 5.96. The number of rotatable bonds is 6. The van der Waals surface area contributed by atoms with Crippen molar-refractivity contribution in [3.05, 3.63) is 102 Å². The molecule has 4 heteroatoms. The van der Waals surface area contributed by atoms with E-state index in [4.69, 9.17) is 4.74 Å². The Morgan fingerprint density at radius 2 is 1.39 bits per heavy atom. The predicted octanol–water partition coefficient (Wildman–Crippen LogP) is 6.85. The Hall–Kier alpha value is -3.66. The largest absolute Gasteiger partial charge is 0.448 e. The maximum atomic E-state index is 13.3. The summed E-state index contributed by atoms with van der Waals surface area (Å²) in [5, 5.41) is 0. The van der Waals surface area contributed by atoms with E-state index in [-0.39, 0.29) is 35.8 Å². The van der Waals surface area contributed by atoms with Gasteiger partial charge >= 0.3 is 6.09 Å². The van der Waals surface area contributed by atoms with Gasteiger partial charge in [-0.15, -0.1) is 0 Å². The summed E-state index contributed by atoms with van der Waals surface area (Å²) in [4.78, 5) is 28.1. The van der Waals surface area contributed by atoms with Crippen molar-refractivity contribution in [3.63, 3.8) is 0 Å². The molecule has 0 saturated carbocycles. The average molecular weight is 478 g/mol. The van der Waals surface area contributed by atoms with Gasteiger partial charge in [0.25, 0.3) is 0 Å². The molecular formula is C32H31NO3. The third-order valence-electron chi connectivity index (χ3n) is 8.16.